The first kappa shape index (κ1) is 11.3. The van der Waals surface area contributed by atoms with E-state index < -0.39 is 0 Å². The largest absolute Gasteiger partial charge is 0.309 e. The molecule has 1 unspecified atom stereocenters. The van der Waals surface area contributed by atoms with E-state index in [0.717, 1.165) is 15.8 Å². The van der Waals surface area contributed by atoms with Gasteiger partial charge in [-0.3, -0.25) is 14.8 Å². The summed E-state index contributed by atoms with van der Waals surface area (Å²) in [6.07, 6.45) is 1.76. The lowest BCUT2D eigenvalue weighted by atomic mass is 10.1. The maximum absolute atomic E-state index is 11.8. The zero-order valence-corrected chi connectivity index (χ0v) is 11.0. The first-order valence-electron chi connectivity index (χ1n) is 5.87. The summed E-state index contributed by atoms with van der Waals surface area (Å²) >= 11 is 1.64. The lowest BCUT2D eigenvalue weighted by Crippen LogP contribution is -2.31. The Labute approximate surface area is 109 Å². The SMILES string of the molecule is CC(C)C1N=C(c2cnc3ccsc3c2)NC1=O. The molecule has 1 aliphatic rings. The van der Waals surface area contributed by atoms with Crippen molar-refractivity contribution in [2.24, 2.45) is 10.9 Å². The Morgan fingerprint density at radius 2 is 2.28 bits per heavy atom. The Bertz CT molecular complexity index is 644. The van der Waals surface area contributed by atoms with Crippen LogP contribution in [0.15, 0.2) is 28.7 Å². The molecule has 0 fully saturated rings. The number of nitrogens with zero attached hydrogens (tertiary/aromatic N) is 2. The Morgan fingerprint density at radius 1 is 1.44 bits per heavy atom. The molecule has 0 aromatic carbocycles. The molecule has 18 heavy (non-hydrogen) atoms. The third-order valence-corrected chi connectivity index (χ3v) is 3.84. The number of thiophene rings is 1. The van der Waals surface area contributed by atoms with Gasteiger partial charge in [-0.1, -0.05) is 13.8 Å². The number of aliphatic imine (C=N–C) groups is 1. The molecular formula is C13H13N3OS. The molecule has 1 aliphatic heterocycles. The lowest BCUT2D eigenvalue weighted by molar-refractivity contribution is -0.120. The van der Waals surface area contributed by atoms with E-state index in [1.807, 2.05) is 31.4 Å². The third-order valence-electron chi connectivity index (χ3n) is 2.99. The van der Waals surface area contributed by atoms with Crippen molar-refractivity contribution in [1.82, 2.24) is 10.3 Å². The van der Waals surface area contributed by atoms with Crippen molar-refractivity contribution >= 4 is 33.3 Å². The Hall–Kier alpha value is -1.75. The van der Waals surface area contributed by atoms with E-state index in [9.17, 15) is 4.79 Å². The van der Waals surface area contributed by atoms with Crippen molar-refractivity contribution in [3.05, 3.63) is 29.3 Å². The number of amides is 1. The number of aromatic nitrogens is 1. The van der Waals surface area contributed by atoms with Gasteiger partial charge in [0.2, 0.25) is 0 Å². The summed E-state index contributed by atoms with van der Waals surface area (Å²) in [5, 5.41) is 4.84. The number of fused-ring (bicyclic) bond motifs is 1. The van der Waals surface area contributed by atoms with Crippen LogP contribution in [-0.2, 0) is 4.79 Å². The average molecular weight is 259 g/mol. The topological polar surface area (TPSA) is 54.4 Å². The maximum Gasteiger partial charge on any atom is 0.250 e. The van der Waals surface area contributed by atoms with Crippen LogP contribution in [0, 0.1) is 5.92 Å². The molecule has 5 heteroatoms. The molecule has 2 aromatic heterocycles. The van der Waals surface area contributed by atoms with Crippen molar-refractivity contribution in [1.29, 1.82) is 0 Å². The Kier molecular flexibility index (Phi) is 2.63. The molecule has 3 rings (SSSR count). The number of hydrogen-bond acceptors (Lipinski definition) is 4. The van der Waals surface area contributed by atoms with Gasteiger partial charge in [0.05, 0.1) is 10.2 Å². The molecule has 4 nitrogen and oxygen atoms in total. The maximum atomic E-state index is 11.8. The third kappa shape index (κ3) is 1.80. The summed E-state index contributed by atoms with van der Waals surface area (Å²) in [5.41, 5.74) is 1.86. The van der Waals surface area contributed by atoms with Crippen LogP contribution in [0.3, 0.4) is 0 Å². The fourth-order valence-electron chi connectivity index (χ4n) is 2.00. The van der Waals surface area contributed by atoms with E-state index in [-0.39, 0.29) is 17.9 Å². The number of carbonyl (C=O) groups excluding carboxylic acids is 1. The van der Waals surface area contributed by atoms with Gasteiger partial charge in [0.1, 0.15) is 11.9 Å². The molecular weight excluding hydrogens is 246 g/mol. The highest BCUT2D eigenvalue weighted by Crippen LogP contribution is 2.21. The smallest absolute Gasteiger partial charge is 0.250 e. The van der Waals surface area contributed by atoms with Gasteiger partial charge in [0.15, 0.2) is 0 Å². The first-order valence-corrected chi connectivity index (χ1v) is 6.75. The van der Waals surface area contributed by atoms with Gasteiger partial charge in [-0.25, -0.2) is 0 Å². The minimum absolute atomic E-state index is 0.0220. The van der Waals surface area contributed by atoms with E-state index in [4.69, 9.17) is 0 Å². The van der Waals surface area contributed by atoms with E-state index in [0.29, 0.717) is 5.84 Å². The first-order chi connectivity index (χ1) is 8.65. The zero-order chi connectivity index (χ0) is 12.7. The molecule has 0 radical (unpaired) electrons. The van der Waals surface area contributed by atoms with E-state index in [1.165, 1.54) is 0 Å². The lowest BCUT2D eigenvalue weighted by Gasteiger charge is -2.06. The summed E-state index contributed by atoms with van der Waals surface area (Å²) < 4.78 is 1.11. The second-order valence-electron chi connectivity index (χ2n) is 4.68. The highest BCUT2D eigenvalue weighted by molar-refractivity contribution is 7.17. The van der Waals surface area contributed by atoms with Crippen molar-refractivity contribution in [3.63, 3.8) is 0 Å². The van der Waals surface area contributed by atoms with Crippen molar-refractivity contribution in [2.75, 3.05) is 0 Å². The molecule has 0 spiro atoms. The summed E-state index contributed by atoms with van der Waals surface area (Å²) in [6.45, 7) is 3.99. The molecule has 1 atom stereocenters. The van der Waals surface area contributed by atoms with Crippen LogP contribution in [-0.4, -0.2) is 22.8 Å². The number of hydrogen-bond donors (Lipinski definition) is 1. The van der Waals surface area contributed by atoms with Crippen LogP contribution in [0.1, 0.15) is 19.4 Å². The quantitative estimate of drug-likeness (QED) is 0.899. The monoisotopic (exact) mass is 259 g/mol. The van der Waals surface area contributed by atoms with E-state index in [2.05, 4.69) is 15.3 Å². The van der Waals surface area contributed by atoms with Crippen LogP contribution in [0.4, 0.5) is 0 Å². The van der Waals surface area contributed by atoms with E-state index in [1.54, 1.807) is 17.5 Å². The summed E-state index contributed by atoms with van der Waals surface area (Å²) in [6, 6.07) is 3.73. The standard InChI is InChI=1S/C13H13N3OS/c1-7(2)11-13(17)16-12(15-11)8-5-10-9(14-6-8)3-4-18-10/h3-7,11H,1-2H3,(H,15,16,17). The molecule has 1 N–H and O–H groups in total. The predicted molar refractivity (Wildman–Crippen MR) is 72.9 cm³/mol. The zero-order valence-electron chi connectivity index (χ0n) is 10.2. The predicted octanol–water partition coefficient (Wildman–Crippen LogP) is 2.20. The molecule has 0 saturated carbocycles. The van der Waals surface area contributed by atoms with Gasteiger partial charge >= 0.3 is 0 Å². The number of amidine groups is 1. The normalized spacial score (nSPS) is 19.4. The number of carbonyl (C=O) groups is 1. The second-order valence-corrected chi connectivity index (χ2v) is 5.63. The molecule has 92 valence electrons. The highest BCUT2D eigenvalue weighted by atomic mass is 32.1. The van der Waals surface area contributed by atoms with E-state index >= 15 is 0 Å². The van der Waals surface area contributed by atoms with Crippen molar-refractivity contribution in [3.8, 4) is 0 Å². The van der Waals surface area contributed by atoms with Gasteiger partial charge in [0, 0.05) is 11.8 Å². The number of rotatable bonds is 2. The van der Waals surface area contributed by atoms with Crippen LogP contribution >= 0.6 is 11.3 Å². The van der Waals surface area contributed by atoms with Gasteiger partial charge in [-0.2, -0.15) is 0 Å². The Balaban J connectivity index is 2.00. The summed E-state index contributed by atoms with van der Waals surface area (Å²) in [7, 11) is 0. The molecule has 3 heterocycles. The molecule has 1 amide bonds. The van der Waals surface area contributed by atoms with Crippen LogP contribution in [0.5, 0.6) is 0 Å². The second kappa shape index (κ2) is 4.17. The van der Waals surface area contributed by atoms with Gasteiger partial charge in [-0.15, -0.1) is 11.3 Å². The highest BCUT2D eigenvalue weighted by Gasteiger charge is 2.29. The minimum atomic E-state index is -0.279. The molecule has 0 aliphatic carbocycles. The fourth-order valence-corrected chi connectivity index (χ4v) is 2.78. The minimum Gasteiger partial charge on any atom is -0.309 e. The van der Waals surface area contributed by atoms with Crippen LogP contribution in [0.2, 0.25) is 0 Å². The molecule has 0 saturated heterocycles. The molecule has 2 aromatic rings. The van der Waals surface area contributed by atoms with Crippen molar-refractivity contribution in [2.45, 2.75) is 19.9 Å². The number of nitrogens with one attached hydrogen (secondary N) is 1. The van der Waals surface area contributed by atoms with Crippen LogP contribution < -0.4 is 5.32 Å². The Morgan fingerprint density at radius 3 is 3.00 bits per heavy atom. The average Bonchev–Trinajstić information content (AvgIpc) is 2.93. The van der Waals surface area contributed by atoms with Crippen LogP contribution in [0.25, 0.3) is 10.2 Å². The van der Waals surface area contributed by atoms with Crippen molar-refractivity contribution < 1.29 is 4.79 Å². The fraction of sp³-hybridized carbons (Fsp3) is 0.308. The van der Waals surface area contributed by atoms with Gasteiger partial charge in [0.25, 0.3) is 5.91 Å². The summed E-state index contributed by atoms with van der Waals surface area (Å²) in [4.78, 5) is 20.6. The number of pyridine rings is 1. The summed E-state index contributed by atoms with van der Waals surface area (Å²) in [5.74, 6) is 0.828. The van der Waals surface area contributed by atoms with Gasteiger partial charge in [-0.05, 0) is 23.4 Å². The van der Waals surface area contributed by atoms with Gasteiger partial charge < -0.3 is 5.32 Å². The molecule has 0 bridgehead atoms.